The van der Waals surface area contributed by atoms with E-state index < -0.39 is 0 Å². The van der Waals surface area contributed by atoms with Crippen molar-refractivity contribution in [2.45, 2.75) is 51.5 Å². The normalized spacial score (nSPS) is 21.6. The molecule has 1 atom stereocenters. The number of halogens is 1. The van der Waals surface area contributed by atoms with E-state index in [1.807, 2.05) is 0 Å². The van der Waals surface area contributed by atoms with Gasteiger partial charge in [0.25, 0.3) is 0 Å². The highest BCUT2D eigenvalue weighted by molar-refractivity contribution is 5.85. The summed E-state index contributed by atoms with van der Waals surface area (Å²) in [6.45, 7) is 5.20. The zero-order valence-corrected chi connectivity index (χ0v) is 10.7. The van der Waals surface area contributed by atoms with Gasteiger partial charge in [0.1, 0.15) is 0 Å². The van der Waals surface area contributed by atoms with Crippen molar-refractivity contribution in [2.24, 2.45) is 0 Å². The van der Waals surface area contributed by atoms with Crippen molar-refractivity contribution in [3.8, 4) is 0 Å². The zero-order chi connectivity index (χ0) is 10.7. The molecular weight excluding hydrogens is 226 g/mol. The van der Waals surface area contributed by atoms with Crippen LogP contribution in [0.15, 0.2) is 4.52 Å². The van der Waals surface area contributed by atoms with Gasteiger partial charge in [-0.05, 0) is 19.4 Å². The molecule has 0 saturated carbocycles. The van der Waals surface area contributed by atoms with Crippen molar-refractivity contribution in [1.82, 2.24) is 15.5 Å². The predicted molar refractivity (Wildman–Crippen MR) is 64.8 cm³/mol. The average Bonchev–Trinajstić information content (AvgIpc) is 2.55. The molecule has 1 saturated heterocycles. The molecule has 1 fully saturated rings. The standard InChI is InChI=1S/C11H19N3O.ClH/c1-8(2)11-13-10(14-15-11)9-6-4-3-5-7-12-9;/h8-9,12H,3-7H2,1-2H3;1H. The van der Waals surface area contributed by atoms with Gasteiger partial charge in [0, 0.05) is 5.92 Å². The highest BCUT2D eigenvalue weighted by Crippen LogP contribution is 2.21. The molecule has 16 heavy (non-hydrogen) atoms. The van der Waals surface area contributed by atoms with Gasteiger partial charge in [-0.1, -0.05) is 31.8 Å². The number of aromatic nitrogens is 2. The molecule has 2 rings (SSSR count). The number of nitrogens with one attached hydrogen (secondary N) is 1. The number of nitrogens with zero attached hydrogens (tertiary/aromatic N) is 2. The van der Waals surface area contributed by atoms with E-state index in [0.717, 1.165) is 24.7 Å². The molecule has 5 heteroatoms. The van der Waals surface area contributed by atoms with Gasteiger partial charge in [-0.3, -0.25) is 0 Å². The Kier molecular flexibility index (Phi) is 5.22. The highest BCUT2D eigenvalue weighted by atomic mass is 35.5. The Balaban J connectivity index is 0.00000128. The molecule has 0 spiro atoms. The fraction of sp³-hybridized carbons (Fsp3) is 0.818. The van der Waals surface area contributed by atoms with Crippen LogP contribution in [0.1, 0.15) is 63.2 Å². The van der Waals surface area contributed by atoms with E-state index >= 15 is 0 Å². The largest absolute Gasteiger partial charge is 0.339 e. The van der Waals surface area contributed by atoms with Crippen molar-refractivity contribution in [2.75, 3.05) is 6.54 Å². The van der Waals surface area contributed by atoms with Crippen LogP contribution < -0.4 is 5.32 Å². The molecule has 1 aromatic rings. The maximum absolute atomic E-state index is 5.22. The maximum atomic E-state index is 5.22. The van der Waals surface area contributed by atoms with Gasteiger partial charge >= 0.3 is 0 Å². The molecule has 0 bridgehead atoms. The van der Waals surface area contributed by atoms with Crippen molar-refractivity contribution in [3.63, 3.8) is 0 Å². The summed E-state index contributed by atoms with van der Waals surface area (Å²) < 4.78 is 5.22. The van der Waals surface area contributed by atoms with Crippen molar-refractivity contribution < 1.29 is 4.52 Å². The second kappa shape index (κ2) is 6.21. The SMILES string of the molecule is CC(C)c1nc(C2CCCCCN2)no1.Cl. The van der Waals surface area contributed by atoms with Crippen LogP contribution in [-0.4, -0.2) is 16.7 Å². The fourth-order valence-electron chi connectivity index (χ4n) is 1.87. The summed E-state index contributed by atoms with van der Waals surface area (Å²) in [5.41, 5.74) is 0. The van der Waals surface area contributed by atoms with Crippen LogP contribution in [0.4, 0.5) is 0 Å². The van der Waals surface area contributed by atoms with Crippen LogP contribution >= 0.6 is 12.4 Å². The van der Waals surface area contributed by atoms with Crippen LogP contribution in [0.5, 0.6) is 0 Å². The highest BCUT2D eigenvalue weighted by Gasteiger charge is 2.20. The first kappa shape index (κ1) is 13.5. The lowest BCUT2D eigenvalue weighted by Gasteiger charge is -2.09. The third-order valence-corrected chi connectivity index (χ3v) is 2.82. The monoisotopic (exact) mass is 245 g/mol. The van der Waals surface area contributed by atoms with E-state index in [4.69, 9.17) is 4.52 Å². The maximum Gasteiger partial charge on any atom is 0.229 e. The molecule has 1 unspecified atom stereocenters. The van der Waals surface area contributed by atoms with E-state index in [-0.39, 0.29) is 12.4 Å². The quantitative estimate of drug-likeness (QED) is 0.871. The van der Waals surface area contributed by atoms with Crippen LogP contribution in [0.3, 0.4) is 0 Å². The van der Waals surface area contributed by atoms with Crippen molar-refractivity contribution >= 4 is 12.4 Å². The van der Waals surface area contributed by atoms with Gasteiger partial charge in [-0.2, -0.15) is 4.98 Å². The molecule has 92 valence electrons. The molecule has 0 amide bonds. The molecule has 0 aromatic carbocycles. The zero-order valence-electron chi connectivity index (χ0n) is 9.90. The first-order valence-electron chi connectivity index (χ1n) is 5.84. The minimum Gasteiger partial charge on any atom is -0.339 e. The van der Waals surface area contributed by atoms with Gasteiger partial charge in [-0.15, -0.1) is 12.4 Å². The third kappa shape index (κ3) is 3.19. The number of hydrogen-bond donors (Lipinski definition) is 1. The van der Waals surface area contributed by atoms with Crippen molar-refractivity contribution in [1.29, 1.82) is 0 Å². The lowest BCUT2D eigenvalue weighted by Crippen LogP contribution is -2.21. The fourth-order valence-corrected chi connectivity index (χ4v) is 1.87. The van der Waals surface area contributed by atoms with Crippen LogP contribution in [0, 0.1) is 0 Å². The van der Waals surface area contributed by atoms with Crippen LogP contribution in [0.2, 0.25) is 0 Å². The summed E-state index contributed by atoms with van der Waals surface area (Å²) in [4.78, 5) is 4.43. The minimum absolute atomic E-state index is 0. The van der Waals surface area contributed by atoms with Gasteiger partial charge in [0.05, 0.1) is 6.04 Å². The van der Waals surface area contributed by atoms with E-state index in [2.05, 4.69) is 29.3 Å². The molecule has 1 aromatic heterocycles. The summed E-state index contributed by atoms with van der Waals surface area (Å²) in [6.07, 6.45) is 4.93. The van der Waals surface area contributed by atoms with E-state index in [1.165, 1.54) is 19.3 Å². The van der Waals surface area contributed by atoms with Gasteiger partial charge in [0.2, 0.25) is 5.89 Å². The molecule has 2 heterocycles. The Morgan fingerprint density at radius 1 is 1.31 bits per heavy atom. The van der Waals surface area contributed by atoms with Crippen LogP contribution in [-0.2, 0) is 0 Å². The van der Waals surface area contributed by atoms with Gasteiger partial charge < -0.3 is 9.84 Å². The lowest BCUT2D eigenvalue weighted by atomic mass is 10.1. The molecule has 1 N–H and O–H groups in total. The molecule has 4 nitrogen and oxygen atoms in total. The minimum atomic E-state index is 0. The Labute approximate surface area is 103 Å². The van der Waals surface area contributed by atoms with E-state index in [0.29, 0.717) is 12.0 Å². The summed E-state index contributed by atoms with van der Waals surface area (Å²) in [6, 6.07) is 0.295. The topological polar surface area (TPSA) is 51.0 Å². The summed E-state index contributed by atoms with van der Waals surface area (Å²) >= 11 is 0. The molecule has 0 aliphatic carbocycles. The second-order valence-corrected chi connectivity index (χ2v) is 4.50. The Morgan fingerprint density at radius 2 is 2.12 bits per heavy atom. The van der Waals surface area contributed by atoms with E-state index in [1.54, 1.807) is 0 Å². The van der Waals surface area contributed by atoms with E-state index in [9.17, 15) is 0 Å². The Morgan fingerprint density at radius 3 is 2.81 bits per heavy atom. The summed E-state index contributed by atoms with van der Waals surface area (Å²) in [7, 11) is 0. The van der Waals surface area contributed by atoms with Gasteiger partial charge in [0.15, 0.2) is 5.82 Å². The Bertz CT molecular complexity index is 306. The van der Waals surface area contributed by atoms with Crippen molar-refractivity contribution in [3.05, 3.63) is 11.7 Å². The molecule has 1 aliphatic heterocycles. The molecular formula is C11H20ClN3O. The second-order valence-electron chi connectivity index (χ2n) is 4.50. The lowest BCUT2D eigenvalue weighted by molar-refractivity contribution is 0.353. The number of rotatable bonds is 2. The number of hydrogen-bond acceptors (Lipinski definition) is 4. The summed E-state index contributed by atoms with van der Waals surface area (Å²) in [5.74, 6) is 1.90. The average molecular weight is 246 g/mol. The third-order valence-electron chi connectivity index (χ3n) is 2.82. The first-order chi connectivity index (χ1) is 7.27. The molecule has 1 aliphatic rings. The smallest absolute Gasteiger partial charge is 0.229 e. The predicted octanol–water partition coefficient (Wildman–Crippen LogP) is 2.82. The summed E-state index contributed by atoms with van der Waals surface area (Å²) in [5, 5.41) is 7.52. The Hall–Kier alpha value is -0.610. The van der Waals surface area contributed by atoms with Crippen LogP contribution in [0.25, 0.3) is 0 Å². The van der Waals surface area contributed by atoms with Gasteiger partial charge in [-0.25, -0.2) is 0 Å². The first-order valence-corrected chi connectivity index (χ1v) is 5.84. The molecule has 0 radical (unpaired) electrons.